The number of rotatable bonds is 6. The summed E-state index contributed by atoms with van der Waals surface area (Å²) in [5.74, 6) is 1.35. The highest BCUT2D eigenvalue weighted by Crippen LogP contribution is 2.33. The molecule has 4 aromatic rings. The predicted molar refractivity (Wildman–Crippen MR) is 127 cm³/mol. The Bertz CT molecular complexity index is 1190. The summed E-state index contributed by atoms with van der Waals surface area (Å²) in [5.41, 5.74) is 6.20. The first-order valence-corrected chi connectivity index (χ1v) is 11.2. The van der Waals surface area contributed by atoms with Gasteiger partial charge in [0.1, 0.15) is 5.75 Å². The molecule has 164 valence electrons. The highest BCUT2D eigenvalue weighted by Gasteiger charge is 2.21. The quantitative estimate of drug-likeness (QED) is 0.447. The zero-order chi connectivity index (χ0) is 21.8. The van der Waals surface area contributed by atoms with E-state index in [4.69, 9.17) is 9.47 Å². The molecule has 1 fully saturated rings. The Labute approximate surface area is 189 Å². The van der Waals surface area contributed by atoms with Crippen molar-refractivity contribution in [3.8, 4) is 16.9 Å². The summed E-state index contributed by atoms with van der Waals surface area (Å²) in [4.78, 5) is 2.53. The van der Waals surface area contributed by atoms with Crippen LogP contribution < -0.4 is 4.74 Å². The van der Waals surface area contributed by atoms with Gasteiger partial charge in [-0.3, -0.25) is 4.90 Å². The smallest absolute Gasteiger partial charge is 0.126 e. The van der Waals surface area contributed by atoms with Gasteiger partial charge in [0, 0.05) is 37.6 Å². The van der Waals surface area contributed by atoms with Gasteiger partial charge in [-0.1, -0.05) is 48.5 Å². The van der Waals surface area contributed by atoms with E-state index < -0.39 is 0 Å². The summed E-state index contributed by atoms with van der Waals surface area (Å²) in [5, 5.41) is 4.38. The maximum atomic E-state index is 6.01. The second kappa shape index (κ2) is 9.55. The minimum Gasteiger partial charge on any atom is -0.496 e. The Morgan fingerprint density at radius 1 is 0.969 bits per heavy atom. The van der Waals surface area contributed by atoms with Crippen LogP contribution in [0.4, 0.5) is 0 Å². The van der Waals surface area contributed by atoms with Gasteiger partial charge in [0.05, 0.1) is 25.8 Å². The largest absolute Gasteiger partial charge is 0.496 e. The van der Waals surface area contributed by atoms with Crippen molar-refractivity contribution in [1.82, 2.24) is 14.5 Å². The molecule has 0 radical (unpaired) electrons. The molecule has 0 bridgehead atoms. The molecule has 32 heavy (non-hydrogen) atoms. The van der Waals surface area contributed by atoms with Crippen molar-refractivity contribution in [3.05, 3.63) is 90.3 Å². The van der Waals surface area contributed by atoms with E-state index >= 15 is 0 Å². The van der Waals surface area contributed by atoms with Crippen LogP contribution in [0.1, 0.15) is 11.1 Å². The van der Waals surface area contributed by atoms with E-state index in [0.29, 0.717) is 5.92 Å². The summed E-state index contributed by atoms with van der Waals surface area (Å²) in [7, 11) is 1.74. The summed E-state index contributed by atoms with van der Waals surface area (Å²) in [6, 6.07) is 23.3. The Kier molecular flexibility index (Phi) is 6.19. The molecule has 0 amide bonds. The van der Waals surface area contributed by atoms with Crippen molar-refractivity contribution < 1.29 is 9.47 Å². The Balaban J connectivity index is 1.36. The fourth-order valence-corrected chi connectivity index (χ4v) is 4.75. The van der Waals surface area contributed by atoms with Crippen molar-refractivity contribution in [3.63, 3.8) is 0 Å². The number of fused-ring (bicyclic) bond motifs is 1. The molecule has 1 aliphatic rings. The van der Waals surface area contributed by atoms with Gasteiger partial charge in [-0.2, -0.15) is 5.10 Å². The van der Waals surface area contributed by atoms with Crippen LogP contribution in [0.25, 0.3) is 16.6 Å². The van der Waals surface area contributed by atoms with Gasteiger partial charge < -0.3 is 9.47 Å². The van der Waals surface area contributed by atoms with E-state index in [2.05, 4.69) is 64.6 Å². The molecule has 3 heterocycles. The van der Waals surface area contributed by atoms with E-state index in [9.17, 15) is 0 Å². The number of ether oxygens (including phenoxy) is 2. The van der Waals surface area contributed by atoms with Crippen molar-refractivity contribution >= 4 is 5.52 Å². The van der Waals surface area contributed by atoms with Gasteiger partial charge in [0.2, 0.25) is 0 Å². The molecule has 2 aromatic carbocycles. The van der Waals surface area contributed by atoms with Crippen molar-refractivity contribution in [1.29, 1.82) is 0 Å². The van der Waals surface area contributed by atoms with Crippen LogP contribution in [0.3, 0.4) is 0 Å². The van der Waals surface area contributed by atoms with Crippen molar-refractivity contribution in [2.75, 3.05) is 33.4 Å². The van der Waals surface area contributed by atoms with Gasteiger partial charge >= 0.3 is 0 Å². The molecule has 1 atom stereocenters. The molecule has 1 aliphatic heterocycles. The average Bonchev–Trinajstić information content (AvgIpc) is 3.21. The molecule has 5 nitrogen and oxygen atoms in total. The Hall–Kier alpha value is -3.15. The van der Waals surface area contributed by atoms with Crippen LogP contribution in [-0.4, -0.2) is 47.9 Å². The monoisotopic (exact) mass is 427 g/mol. The summed E-state index contributed by atoms with van der Waals surface area (Å²) >= 11 is 0. The van der Waals surface area contributed by atoms with Gasteiger partial charge in [-0.15, -0.1) is 0 Å². The van der Waals surface area contributed by atoms with E-state index in [1.807, 2.05) is 29.0 Å². The SMILES string of the molecule is COc1ccccc1-c1ccccc1CN1CCOCC(Cc2cccn3nccc23)C1. The molecular weight excluding hydrogens is 398 g/mol. The van der Waals surface area contributed by atoms with Crippen LogP contribution >= 0.6 is 0 Å². The molecular formula is C27H29N3O2. The zero-order valence-electron chi connectivity index (χ0n) is 18.5. The number of hydrogen-bond donors (Lipinski definition) is 0. The molecule has 1 unspecified atom stereocenters. The lowest BCUT2D eigenvalue weighted by atomic mass is 9.97. The fourth-order valence-electron chi connectivity index (χ4n) is 4.75. The maximum absolute atomic E-state index is 6.01. The fraction of sp³-hybridized carbons (Fsp3) is 0.296. The summed E-state index contributed by atoms with van der Waals surface area (Å²) in [6.07, 6.45) is 4.85. The average molecular weight is 428 g/mol. The first-order chi connectivity index (χ1) is 15.8. The minimum absolute atomic E-state index is 0.442. The number of benzene rings is 2. The number of methoxy groups -OCH3 is 1. The third-order valence-corrected chi connectivity index (χ3v) is 6.26. The normalized spacial score (nSPS) is 17.3. The highest BCUT2D eigenvalue weighted by molar-refractivity contribution is 5.73. The number of hydrogen-bond acceptors (Lipinski definition) is 4. The topological polar surface area (TPSA) is 39.0 Å². The summed E-state index contributed by atoms with van der Waals surface area (Å²) < 4.78 is 13.6. The Morgan fingerprint density at radius 3 is 2.69 bits per heavy atom. The summed E-state index contributed by atoms with van der Waals surface area (Å²) in [6.45, 7) is 4.40. The molecule has 5 heteroatoms. The van der Waals surface area contributed by atoms with Gasteiger partial charge in [0.25, 0.3) is 0 Å². The van der Waals surface area contributed by atoms with Gasteiger partial charge in [-0.05, 0) is 47.2 Å². The minimum atomic E-state index is 0.442. The second-order valence-electron chi connectivity index (χ2n) is 8.43. The molecule has 0 N–H and O–H groups in total. The van der Waals surface area contributed by atoms with E-state index in [1.165, 1.54) is 22.2 Å². The predicted octanol–water partition coefficient (Wildman–Crippen LogP) is 4.70. The van der Waals surface area contributed by atoms with Crippen LogP contribution in [0, 0.1) is 5.92 Å². The molecule has 0 spiro atoms. The molecule has 5 rings (SSSR count). The zero-order valence-corrected chi connectivity index (χ0v) is 18.5. The van der Waals surface area contributed by atoms with E-state index in [1.54, 1.807) is 7.11 Å². The lowest BCUT2D eigenvalue weighted by Gasteiger charge is -2.25. The number of pyridine rings is 1. The number of aromatic nitrogens is 2. The number of para-hydroxylation sites is 1. The highest BCUT2D eigenvalue weighted by atomic mass is 16.5. The van der Waals surface area contributed by atoms with Crippen LogP contribution in [0.2, 0.25) is 0 Å². The van der Waals surface area contributed by atoms with Gasteiger partial charge in [-0.25, -0.2) is 4.52 Å². The number of nitrogens with zero attached hydrogens (tertiary/aromatic N) is 3. The van der Waals surface area contributed by atoms with Crippen molar-refractivity contribution in [2.24, 2.45) is 5.92 Å². The maximum Gasteiger partial charge on any atom is 0.126 e. The molecule has 2 aromatic heterocycles. The third kappa shape index (κ3) is 4.40. The Morgan fingerprint density at radius 2 is 1.78 bits per heavy atom. The molecule has 0 saturated carbocycles. The van der Waals surface area contributed by atoms with E-state index in [0.717, 1.165) is 50.6 Å². The second-order valence-corrected chi connectivity index (χ2v) is 8.43. The van der Waals surface area contributed by atoms with Crippen LogP contribution in [0.5, 0.6) is 5.75 Å². The van der Waals surface area contributed by atoms with E-state index in [-0.39, 0.29) is 0 Å². The first-order valence-electron chi connectivity index (χ1n) is 11.2. The van der Waals surface area contributed by atoms with Gasteiger partial charge in [0.15, 0.2) is 0 Å². The third-order valence-electron chi connectivity index (χ3n) is 6.26. The first kappa shape index (κ1) is 20.7. The molecule has 1 saturated heterocycles. The standard InChI is InChI=1S/C27H29N3O2/c1-31-27-11-5-4-10-25(27)24-9-3-2-7-23(24)19-29-15-16-32-20-21(18-29)17-22-8-6-14-30-26(22)12-13-28-30/h2-14,21H,15-20H2,1H3. The molecule has 0 aliphatic carbocycles. The van der Waals surface area contributed by atoms with Crippen molar-refractivity contribution in [2.45, 2.75) is 13.0 Å². The lowest BCUT2D eigenvalue weighted by Crippen LogP contribution is -2.30. The van der Waals surface area contributed by atoms with Crippen LogP contribution in [-0.2, 0) is 17.7 Å². The lowest BCUT2D eigenvalue weighted by molar-refractivity contribution is 0.122. The van der Waals surface area contributed by atoms with Crippen LogP contribution in [0.15, 0.2) is 79.1 Å².